The van der Waals surface area contributed by atoms with E-state index in [1.807, 2.05) is 48.2 Å². The first-order chi connectivity index (χ1) is 10.6. The van der Waals surface area contributed by atoms with Crippen molar-refractivity contribution in [3.05, 3.63) is 53.4 Å². The van der Waals surface area contributed by atoms with Gasteiger partial charge in [-0.3, -0.25) is 0 Å². The Kier molecular flexibility index (Phi) is 6.24. The van der Waals surface area contributed by atoms with Crippen LogP contribution in [0.5, 0.6) is 0 Å². The molecule has 6 heteroatoms. The molecule has 118 valence electrons. The number of ether oxygens (including phenoxy) is 1. The zero-order valence-corrected chi connectivity index (χ0v) is 14.2. The Balaban J connectivity index is 2.14. The summed E-state index contributed by atoms with van der Waals surface area (Å²) in [5.41, 5.74) is 0.781. The Morgan fingerprint density at radius 1 is 1.36 bits per heavy atom. The van der Waals surface area contributed by atoms with E-state index in [1.54, 1.807) is 13.4 Å². The molecule has 4 nitrogen and oxygen atoms in total. The van der Waals surface area contributed by atoms with E-state index >= 15 is 0 Å². The Hall–Kier alpha value is -1.56. The van der Waals surface area contributed by atoms with Gasteiger partial charge in [0.1, 0.15) is 5.76 Å². The number of furan rings is 1. The van der Waals surface area contributed by atoms with Crippen LogP contribution in [-0.4, -0.2) is 30.3 Å². The maximum Gasteiger partial charge on any atom is 0.174 e. The van der Waals surface area contributed by atoms with Gasteiger partial charge in [-0.25, -0.2) is 0 Å². The molecule has 1 unspecified atom stereocenters. The quantitative estimate of drug-likeness (QED) is 0.793. The molecule has 0 aliphatic carbocycles. The van der Waals surface area contributed by atoms with Crippen molar-refractivity contribution in [2.24, 2.45) is 0 Å². The highest BCUT2D eigenvalue weighted by atomic mass is 35.5. The molecule has 0 aliphatic heterocycles. The summed E-state index contributed by atoms with van der Waals surface area (Å²) in [6, 6.07) is 11.3. The summed E-state index contributed by atoms with van der Waals surface area (Å²) >= 11 is 11.7. The van der Waals surface area contributed by atoms with E-state index in [0.29, 0.717) is 23.3 Å². The summed E-state index contributed by atoms with van der Waals surface area (Å²) in [7, 11) is 1.67. The molecule has 1 atom stereocenters. The van der Waals surface area contributed by atoms with E-state index < -0.39 is 0 Å². The molecule has 1 aromatic carbocycles. The normalized spacial score (nSPS) is 12.0. The van der Waals surface area contributed by atoms with Crippen molar-refractivity contribution < 1.29 is 9.15 Å². The molecule has 1 N–H and O–H groups in total. The van der Waals surface area contributed by atoms with E-state index in [-0.39, 0.29) is 6.04 Å². The average Bonchev–Trinajstić information content (AvgIpc) is 3.04. The summed E-state index contributed by atoms with van der Waals surface area (Å²) in [6.07, 6.45) is 1.66. The maximum absolute atomic E-state index is 6.17. The van der Waals surface area contributed by atoms with E-state index in [2.05, 4.69) is 5.32 Å². The molecule has 1 aromatic heterocycles. The number of para-hydroxylation sites is 1. The third-order valence-corrected chi connectivity index (χ3v) is 4.00. The lowest BCUT2D eigenvalue weighted by Gasteiger charge is -2.30. The van der Waals surface area contributed by atoms with Gasteiger partial charge in [-0.05, 0) is 43.4 Å². The standard InChI is InChI=1S/C16H19ClN2O2S/c1-12(15-8-5-10-21-15)19(9-11-20-2)16(22)18-14-7-4-3-6-13(14)17/h3-8,10,12H,9,11H2,1-2H3,(H,18,22). The van der Waals surface area contributed by atoms with Crippen molar-refractivity contribution >= 4 is 34.6 Å². The average molecular weight is 339 g/mol. The number of thiocarbonyl (C=S) groups is 1. The van der Waals surface area contributed by atoms with Gasteiger partial charge in [0.2, 0.25) is 0 Å². The van der Waals surface area contributed by atoms with Crippen molar-refractivity contribution in [1.29, 1.82) is 0 Å². The van der Waals surface area contributed by atoms with Gasteiger partial charge in [-0.2, -0.15) is 0 Å². The highest BCUT2D eigenvalue weighted by Gasteiger charge is 2.21. The molecule has 0 fully saturated rings. The van der Waals surface area contributed by atoms with Crippen LogP contribution in [0.1, 0.15) is 18.7 Å². The molecule has 0 spiro atoms. The molecule has 0 saturated carbocycles. The number of nitrogens with one attached hydrogen (secondary N) is 1. The largest absolute Gasteiger partial charge is 0.467 e. The fraction of sp³-hybridized carbons (Fsp3) is 0.312. The fourth-order valence-corrected chi connectivity index (χ4v) is 2.64. The number of methoxy groups -OCH3 is 1. The van der Waals surface area contributed by atoms with Crippen molar-refractivity contribution in [1.82, 2.24) is 4.90 Å². The smallest absolute Gasteiger partial charge is 0.174 e. The fourth-order valence-electron chi connectivity index (χ4n) is 2.09. The van der Waals surface area contributed by atoms with Gasteiger partial charge in [0, 0.05) is 13.7 Å². The van der Waals surface area contributed by atoms with Crippen molar-refractivity contribution in [3.8, 4) is 0 Å². The minimum Gasteiger partial charge on any atom is -0.467 e. The summed E-state index contributed by atoms with van der Waals surface area (Å²) in [6.45, 7) is 3.25. The van der Waals surface area contributed by atoms with Gasteiger partial charge < -0.3 is 19.4 Å². The number of nitrogens with zero attached hydrogens (tertiary/aromatic N) is 1. The molecule has 0 aliphatic rings. The van der Waals surface area contributed by atoms with Crippen LogP contribution in [0, 0.1) is 0 Å². The Morgan fingerprint density at radius 2 is 2.14 bits per heavy atom. The van der Waals surface area contributed by atoms with Crippen LogP contribution < -0.4 is 5.32 Å². The highest BCUT2D eigenvalue weighted by Crippen LogP contribution is 2.24. The predicted octanol–water partition coefficient (Wildman–Crippen LogP) is 4.34. The molecule has 0 saturated heterocycles. The molecule has 22 heavy (non-hydrogen) atoms. The van der Waals surface area contributed by atoms with Gasteiger partial charge >= 0.3 is 0 Å². The van der Waals surface area contributed by atoms with E-state index in [4.69, 9.17) is 33.0 Å². The Labute approximate surface area is 141 Å². The first-order valence-corrected chi connectivity index (χ1v) is 7.76. The minimum absolute atomic E-state index is 0.00682. The lowest BCUT2D eigenvalue weighted by atomic mass is 10.2. The van der Waals surface area contributed by atoms with Crippen molar-refractivity contribution in [3.63, 3.8) is 0 Å². The van der Waals surface area contributed by atoms with Crippen LogP contribution in [0.25, 0.3) is 0 Å². The Morgan fingerprint density at radius 3 is 2.77 bits per heavy atom. The van der Waals surface area contributed by atoms with Gasteiger partial charge in [0.15, 0.2) is 5.11 Å². The van der Waals surface area contributed by atoms with Crippen LogP contribution in [0.2, 0.25) is 5.02 Å². The molecule has 2 rings (SSSR count). The summed E-state index contributed by atoms with van der Waals surface area (Å²) < 4.78 is 10.7. The molecule has 1 heterocycles. The summed E-state index contributed by atoms with van der Waals surface area (Å²) in [4.78, 5) is 2.01. The molecular formula is C16H19ClN2O2S. The monoisotopic (exact) mass is 338 g/mol. The van der Waals surface area contributed by atoms with Crippen LogP contribution in [0.15, 0.2) is 47.1 Å². The Bertz CT molecular complexity index is 604. The zero-order valence-electron chi connectivity index (χ0n) is 12.6. The topological polar surface area (TPSA) is 37.6 Å². The first-order valence-electron chi connectivity index (χ1n) is 6.98. The second-order valence-corrected chi connectivity index (χ2v) is 5.58. The second-order valence-electron chi connectivity index (χ2n) is 4.79. The van der Waals surface area contributed by atoms with Crippen LogP contribution in [0.4, 0.5) is 5.69 Å². The third-order valence-electron chi connectivity index (χ3n) is 3.34. The van der Waals surface area contributed by atoms with Gasteiger partial charge in [-0.1, -0.05) is 23.7 Å². The van der Waals surface area contributed by atoms with Crippen LogP contribution in [0.3, 0.4) is 0 Å². The zero-order chi connectivity index (χ0) is 15.9. The van der Waals surface area contributed by atoms with Gasteiger partial charge in [0.05, 0.1) is 29.6 Å². The number of hydrogen-bond acceptors (Lipinski definition) is 3. The number of anilines is 1. The van der Waals surface area contributed by atoms with Crippen molar-refractivity contribution in [2.45, 2.75) is 13.0 Å². The van der Waals surface area contributed by atoms with E-state index in [0.717, 1.165) is 11.4 Å². The summed E-state index contributed by atoms with van der Waals surface area (Å²) in [5.74, 6) is 0.847. The number of halogens is 1. The number of rotatable bonds is 6. The molecule has 0 amide bonds. The highest BCUT2D eigenvalue weighted by molar-refractivity contribution is 7.80. The minimum atomic E-state index is -0.00682. The predicted molar refractivity (Wildman–Crippen MR) is 93.4 cm³/mol. The molecule has 0 radical (unpaired) electrons. The second kappa shape index (κ2) is 8.17. The SMILES string of the molecule is COCCN(C(=S)Nc1ccccc1Cl)C(C)c1ccco1. The van der Waals surface area contributed by atoms with E-state index in [1.165, 1.54) is 0 Å². The van der Waals surface area contributed by atoms with Crippen molar-refractivity contribution in [2.75, 3.05) is 25.6 Å². The number of benzene rings is 1. The van der Waals surface area contributed by atoms with Gasteiger partial charge in [-0.15, -0.1) is 0 Å². The lowest BCUT2D eigenvalue weighted by molar-refractivity contribution is 0.160. The van der Waals surface area contributed by atoms with Crippen LogP contribution in [-0.2, 0) is 4.74 Å². The molecule has 0 bridgehead atoms. The molecular weight excluding hydrogens is 320 g/mol. The first kappa shape index (κ1) is 16.8. The van der Waals surface area contributed by atoms with E-state index in [9.17, 15) is 0 Å². The lowest BCUT2D eigenvalue weighted by Crippen LogP contribution is -2.39. The summed E-state index contributed by atoms with van der Waals surface area (Å²) in [5, 5.41) is 4.40. The third kappa shape index (κ3) is 4.22. The van der Waals surface area contributed by atoms with Gasteiger partial charge in [0.25, 0.3) is 0 Å². The molecule has 2 aromatic rings. The number of hydrogen-bond donors (Lipinski definition) is 1. The van der Waals surface area contributed by atoms with Crippen LogP contribution >= 0.6 is 23.8 Å². The maximum atomic E-state index is 6.17.